The average molecular weight is 336 g/mol. The summed E-state index contributed by atoms with van der Waals surface area (Å²) in [6.07, 6.45) is 0.524. The summed E-state index contributed by atoms with van der Waals surface area (Å²) in [5.41, 5.74) is 0.971. The number of hydrogen-bond donors (Lipinski definition) is 0. The fourth-order valence-electron chi connectivity index (χ4n) is 3.14. The molecule has 134 valence electrons. The van der Waals surface area contributed by atoms with Gasteiger partial charge in [0.25, 0.3) is 0 Å². The third kappa shape index (κ3) is 5.28. The minimum absolute atomic E-state index is 0.159. The van der Waals surface area contributed by atoms with Crippen LogP contribution in [0.4, 0.5) is 4.39 Å². The minimum atomic E-state index is -0.247. The van der Waals surface area contributed by atoms with E-state index in [0.717, 1.165) is 31.8 Å². The van der Waals surface area contributed by atoms with Crippen LogP contribution < -0.4 is 0 Å². The van der Waals surface area contributed by atoms with Gasteiger partial charge in [0, 0.05) is 45.2 Å². The maximum Gasteiger partial charge on any atom is 0.224 e. The molecule has 1 aliphatic rings. The number of carbonyl (C=O) groups is 1. The summed E-state index contributed by atoms with van der Waals surface area (Å²) in [7, 11) is 0. The van der Waals surface area contributed by atoms with Gasteiger partial charge in [-0.05, 0) is 30.5 Å². The Morgan fingerprint density at radius 1 is 1.29 bits per heavy atom. The first-order valence-electron chi connectivity index (χ1n) is 8.85. The standard InChI is InChI=1S/C19H29FN2O2/c1-4-24-12-11-21-10-9-19(23)22(18(14-21)15(2)3)13-16-5-7-17(20)8-6-16/h5-8,15,18H,4,9-14H2,1-3H3/t18-/m0/s1. The Bertz CT molecular complexity index is 519. The Labute approximate surface area is 144 Å². The fourth-order valence-corrected chi connectivity index (χ4v) is 3.14. The van der Waals surface area contributed by atoms with E-state index in [1.165, 1.54) is 12.1 Å². The van der Waals surface area contributed by atoms with Crippen LogP contribution in [0.1, 0.15) is 32.8 Å². The van der Waals surface area contributed by atoms with Gasteiger partial charge in [0.2, 0.25) is 5.91 Å². The number of ether oxygens (including phenoxy) is 1. The molecule has 4 nitrogen and oxygen atoms in total. The van der Waals surface area contributed by atoms with E-state index in [1.54, 1.807) is 12.1 Å². The Hall–Kier alpha value is -1.46. The topological polar surface area (TPSA) is 32.8 Å². The highest BCUT2D eigenvalue weighted by molar-refractivity contribution is 5.77. The second-order valence-electron chi connectivity index (χ2n) is 6.71. The Balaban J connectivity index is 2.09. The third-order valence-electron chi connectivity index (χ3n) is 4.60. The van der Waals surface area contributed by atoms with Crippen molar-refractivity contribution < 1.29 is 13.9 Å². The van der Waals surface area contributed by atoms with Gasteiger partial charge < -0.3 is 9.64 Å². The molecule has 0 saturated carbocycles. The van der Waals surface area contributed by atoms with Crippen molar-refractivity contribution in [3.63, 3.8) is 0 Å². The van der Waals surface area contributed by atoms with Crippen molar-refractivity contribution in [2.45, 2.75) is 39.8 Å². The highest BCUT2D eigenvalue weighted by Gasteiger charge is 2.31. The predicted octanol–water partition coefficient (Wildman–Crippen LogP) is 2.92. The minimum Gasteiger partial charge on any atom is -0.380 e. The molecular weight excluding hydrogens is 307 g/mol. The lowest BCUT2D eigenvalue weighted by Gasteiger charge is -2.35. The second kappa shape index (κ2) is 9.14. The molecule has 0 aromatic heterocycles. The van der Waals surface area contributed by atoms with Gasteiger partial charge >= 0.3 is 0 Å². The van der Waals surface area contributed by atoms with Crippen molar-refractivity contribution in [3.8, 4) is 0 Å². The summed E-state index contributed by atoms with van der Waals surface area (Å²) in [4.78, 5) is 17.0. The molecule has 1 fully saturated rings. The number of halogens is 1. The lowest BCUT2D eigenvalue weighted by molar-refractivity contribution is -0.134. The third-order valence-corrected chi connectivity index (χ3v) is 4.60. The molecule has 0 aliphatic carbocycles. The lowest BCUT2D eigenvalue weighted by Crippen LogP contribution is -2.46. The molecule has 1 saturated heterocycles. The molecular formula is C19H29FN2O2. The van der Waals surface area contributed by atoms with Crippen LogP contribution in [0.15, 0.2) is 24.3 Å². The smallest absolute Gasteiger partial charge is 0.224 e. The van der Waals surface area contributed by atoms with Gasteiger partial charge in [-0.25, -0.2) is 4.39 Å². The van der Waals surface area contributed by atoms with Crippen LogP contribution in [-0.4, -0.2) is 54.6 Å². The highest BCUT2D eigenvalue weighted by atomic mass is 19.1. The second-order valence-corrected chi connectivity index (χ2v) is 6.71. The van der Waals surface area contributed by atoms with Gasteiger partial charge in [-0.15, -0.1) is 0 Å². The van der Waals surface area contributed by atoms with Crippen LogP contribution in [0, 0.1) is 11.7 Å². The Morgan fingerprint density at radius 2 is 2.00 bits per heavy atom. The van der Waals surface area contributed by atoms with Gasteiger partial charge in [0.15, 0.2) is 0 Å². The van der Waals surface area contributed by atoms with E-state index in [2.05, 4.69) is 18.7 Å². The van der Waals surface area contributed by atoms with Crippen LogP contribution in [0.5, 0.6) is 0 Å². The summed E-state index contributed by atoms with van der Waals surface area (Å²) >= 11 is 0. The van der Waals surface area contributed by atoms with E-state index >= 15 is 0 Å². The molecule has 1 aromatic rings. The monoisotopic (exact) mass is 336 g/mol. The van der Waals surface area contributed by atoms with Gasteiger partial charge in [-0.3, -0.25) is 9.69 Å². The Morgan fingerprint density at radius 3 is 2.62 bits per heavy atom. The zero-order valence-electron chi connectivity index (χ0n) is 15.0. The summed E-state index contributed by atoms with van der Waals surface area (Å²) in [5.74, 6) is 0.294. The molecule has 1 atom stereocenters. The molecule has 1 amide bonds. The van der Waals surface area contributed by atoms with Crippen molar-refractivity contribution in [2.24, 2.45) is 5.92 Å². The van der Waals surface area contributed by atoms with E-state index in [9.17, 15) is 9.18 Å². The van der Waals surface area contributed by atoms with Crippen LogP contribution >= 0.6 is 0 Å². The normalized spacial score (nSPS) is 19.8. The molecule has 2 rings (SSSR count). The number of amides is 1. The first kappa shape index (κ1) is 18.9. The van der Waals surface area contributed by atoms with Gasteiger partial charge in [-0.2, -0.15) is 0 Å². The molecule has 1 aliphatic heterocycles. The molecule has 0 N–H and O–H groups in total. The van der Waals surface area contributed by atoms with Gasteiger partial charge in [0.1, 0.15) is 5.82 Å². The van der Waals surface area contributed by atoms with Crippen LogP contribution in [0.2, 0.25) is 0 Å². The summed E-state index contributed by atoms with van der Waals surface area (Å²) in [6, 6.07) is 6.59. The number of benzene rings is 1. The van der Waals surface area contributed by atoms with E-state index in [4.69, 9.17) is 4.74 Å². The number of nitrogens with zero attached hydrogens (tertiary/aromatic N) is 2. The first-order chi connectivity index (χ1) is 11.5. The Kier molecular flexibility index (Phi) is 7.18. The maximum atomic E-state index is 13.1. The van der Waals surface area contributed by atoms with Gasteiger partial charge in [0.05, 0.1) is 6.61 Å². The molecule has 0 bridgehead atoms. The zero-order chi connectivity index (χ0) is 17.5. The molecule has 5 heteroatoms. The van der Waals surface area contributed by atoms with Crippen molar-refractivity contribution in [2.75, 3.05) is 32.8 Å². The highest BCUT2D eigenvalue weighted by Crippen LogP contribution is 2.21. The lowest BCUT2D eigenvalue weighted by atomic mass is 10.0. The first-order valence-corrected chi connectivity index (χ1v) is 8.85. The molecule has 0 spiro atoms. The van der Waals surface area contributed by atoms with Crippen LogP contribution in [-0.2, 0) is 16.1 Å². The quantitative estimate of drug-likeness (QED) is 0.718. The molecule has 1 heterocycles. The molecule has 0 unspecified atom stereocenters. The summed E-state index contributed by atoms with van der Waals surface area (Å²) < 4.78 is 18.6. The predicted molar refractivity (Wildman–Crippen MR) is 93.1 cm³/mol. The summed E-state index contributed by atoms with van der Waals surface area (Å²) in [6.45, 7) is 10.8. The number of hydrogen-bond acceptors (Lipinski definition) is 3. The van der Waals surface area contributed by atoms with E-state index in [0.29, 0.717) is 25.5 Å². The largest absolute Gasteiger partial charge is 0.380 e. The zero-order valence-corrected chi connectivity index (χ0v) is 15.0. The van der Waals surface area contributed by atoms with Crippen LogP contribution in [0.25, 0.3) is 0 Å². The fraction of sp³-hybridized carbons (Fsp3) is 0.632. The summed E-state index contributed by atoms with van der Waals surface area (Å²) in [5, 5.41) is 0. The van der Waals surface area contributed by atoms with Crippen molar-refractivity contribution >= 4 is 5.91 Å². The average Bonchev–Trinajstić information content (AvgIpc) is 2.70. The number of carbonyl (C=O) groups excluding carboxylic acids is 1. The van der Waals surface area contributed by atoms with Gasteiger partial charge in [-0.1, -0.05) is 26.0 Å². The van der Waals surface area contributed by atoms with E-state index in [-0.39, 0.29) is 17.8 Å². The molecule has 24 heavy (non-hydrogen) atoms. The molecule has 1 aromatic carbocycles. The van der Waals surface area contributed by atoms with Crippen molar-refractivity contribution in [3.05, 3.63) is 35.6 Å². The van der Waals surface area contributed by atoms with Crippen molar-refractivity contribution in [1.29, 1.82) is 0 Å². The van der Waals surface area contributed by atoms with Crippen LogP contribution in [0.3, 0.4) is 0 Å². The SMILES string of the molecule is CCOCCN1CCC(=O)N(Cc2ccc(F)cc2)[C@H](C(C)C)C1. The molecule has 0 radical (unpaired) electrons. The number of rotatable bonds is 7. The van der Waals surface area contributed by atoms with E-state index in [1.807, 2.05) is 11.8 Å². The van der Waals surface area contributed by atoms with E-state index < -0.39 is 0 Å². The maximum absolute atomic E-state index is 13.1. The van der Waals surface area contributed by atoms with Crippen molar-refractivity contribution in [1.82, 2.24) is 9.80 Å².